The van der Waals surface area contributed by atoms with Gasteiger partial charge in [-0.2, -0.15) is 0 Å². The van der Waals surface area contributed by atoms with Crippen molar-refractivity contribution in [2.75, 3.05) is 0 Å². The van der Waals surface area contributed by atoms with E-state index >= 15 is 0 Å². The number of pyridine rings is 3. The third kappa shape index (κ3) is 8.43. The molecule has 0 fully saturated rings. The number of hydrogen-bond donors (Lipinski definition) is 0. The second-order valence-electron chi connectivity index (χ2n) is 14.8. The lowest BCUT2D eigenvalue weighted by molar-refractivity contribution is 1.02. The fourth-order valence-electron chi connectivity index (χ4n) is 7.95. The van der Waals surface area contributed by atoms with Crippen LogP contribution < -0.4 is 0 Å². The lowest BCUT2D eigenvalue weighted by Gasteiger charge is -2.14. The Balaban J connectivity index is 1.06. The molecule has 0 amide bonds. The summed E-state index contributed by atoms with van der Waals surface area (Å²) >= 11 is 0. The standard InChI is InChI=1S/C57H43N3/c1-2-17-41(32-33-43-20-6-7-28-52(43)54-30-10-12-34-58-54)44-21-15-25-48(37-44)56-39-50(42-18-4-3-5-19-42)40-57(60-56)49-26-16-23-46(38-49)45-22-14-24-47(36-45)51-27-8-9-29-53(51)55-31-11-13-35-59-55/h2-31,34-40H,1,32-33H2/b41-17+. The zero-order valence-corrected chi connectivity index (χ0v) is 33.3. The fourth-order valence-corrected chi connectivity index (χ4v) is 7.95. The van der Waals surface area contributed by atoms with Crippen LogP contribution in [0.3, 0.4) is 0 Å². The van der Waals surface area contributed by atoms with Crippen molar-refractivity contribution in [2.24, 2.45) is 0 Å². The Morgan fingerprint density at radius 1 is 0.400 bits per heavy atom. The third-order valence-electron chi connectivity index (χ3n) is 10.9. The van der Waals surface area contributed by atoms with Crippen molar-refractivity contribution in [1.82, 2.24) is 15.0 Å². The van der Waals surface area contributed by atoms with E-state index < -0.39 is 0 Å². The first-order chi connectivity index (χ1) is 29.7. The van der Waals surface area contributed by atoms with Crippen LogP contribution in [-0.2, 0) is 6.42 Å². The molecule has 60 heavy (non-hydrogen) atoms. The maximum Gasteiger partial charge on any atom is 0.0715 e. The van der Waals surface area contributed by atoms with Gasteiger partial charge in [-0.15, -0.1) is 0 Å². The van der Waals surface area contributed by atoms with Crippen molar-refractivity contribution >= 4 is 5.57 Å². The van der Waals surface area contributed by atoms with Gasteiger partial charge in [0.1, 0.15) is 0 Å². The monoisotopic (exact) mass is 769 g/mol. The van der Waals surface area contributed by atoms with E-state index in [1.165, 1.54) is 16.7 Å². The summed E-state index contributed by atoms with van der Waals surface area (Å²) in [6, 6.07) is 70.5. The second-order valence-corrected chi connectivity index (χ2v) is 14.8. The molecule has 0 aliphatic rings. The Morgan fingerprint density at radius 2 is 0.933 bits per heavy atom. The number of aromatic nitrogens is 3. The fraction of sp³-hybridized carbons (Fsp3) is 0.0351. The normalized spacial score (nSPS) is 11.3. The number of rotatable bonds is 12. The lowest BCUT2D eigenvalue weighted by Crippen LogP contribution is -1.95. The van der Waals surface area contributed by atoms with E-state index in [9.17, 15) is 0 Å². The number of hydrogen-bond acceptors (Lipinski definition) is 3. The summed E-state index contributed by atoms with van der Waals surface area (Å²) < 4.78 is 0. The van der Waals surface area contributed by atoms with Crippen LogP contribution in [-0.4, -0.2) is 15.0 Å². The predicted molar refractivity (Wildman–Crippen MR) is 251 cm³/mol. The Hall–Kier alpha value is -7.75. The highest BCUT2D eigenvalue weighted by atomic mass is 14.7. The molecule has 0 radical (unpaired) electrons. The minimum Gasteiger partial charge on any atom is -0.256 e. The van der Waals surface area contributed by atoms with Crippen LogP contribution in [0.25, 0.3) is 84.0 Å². The molecule has 286 valence electrons. The van der Waals surface area contributed by atoms with Crippen LogP contribution in [0, 0.1) is 0 Å². The van der Waals surface area contributed by atoms with Gasteiger partial charge in [-0.05, 0) is 118 Å². The molecule has 0 aliphatic heterocycles. The number of benzene rings is 6. The summed E-state index contributed by atoms with van der Waals surface area (Å²) in [7, 11) is 0. The molecule has 0 unspecified atom stereocenters. The first-order valence-electron chi connectivity index (χ1n) is 20.4. The van der Waals surface area contributed by atoms with Crippen LogP contribution in [0.4, 0.5) is 0 Å². The third-order valence-corrected chi connectivity index (χ3v) is 10.9. The Kier molecular flexibility index (Phi) is 11.2. The van der Waals surface area contributed by atoms with Crippen molar-refractivity contribution in [3.05, 3.63) is 242 Å². The van der Waals surface area contributed by atoms with Gasteiger partial charge in [-0.3, -0.25) is 9.97 Å². The van der Waals surface area contributed by atoms with Crippen molar-refractivity contribution < 1.29 is 0 Å². The van der Waals surface area contributed by atoms with Gasteiger partial charge < -0.3 is 0 Å². The Morgan fingerprint density at radius 3 is 1.62 bits per heavy atom. The van der Waals surface area contributed by atoms with Gasteiger partial charge in [0.15, 0.2) is 0 Å². The van der Waals surface area contributed by atoms with Gasteiger partial charge in [0.2, 0.25) is 0 Å². The summed E-state index contributed by atoms with van der Waals surface area (Å²) in [6.07, 6.45) is 9.46. The smallest absolute Gasteiger partial charge is 0.0715 e. The molecular formula is C57H43N3. The Bertz CT molecular complexity index is 2930. The first-order valence-corrected chi connectivity index (χ1v) is 20.4. The highest BCUT2D eigenvalue weighted by Gasteiger charge is 2.14. The minimum absolute atomic E-state index is 0.852. The van der Waals surface area contributed by atoms with Crippen molar-refractivity contribution in [1.29, 1.82) is 0 Å². The summed E-state index contributed by atoms with van der Waals surface area (Å²) in [6.45, 7) is 4.08. The SMILES string of the molecule is C=C/C=C(\CCc1ccccc1-c1ccccn1)c1cccc(-c2cc(-c3ccccc3)cc(-c3cccc(-c4cccc(-c5ccccc5-c5ccccn5)c4)c3)n2)c1. The molecule has 3 aromatic heterocycles. The maximum atomic E-state index is 5.38. The topological polar surface area (TPSA) is 38.7 Å². The van der Waals surface area contributed by atoms with Crippen LogP contribution in [0.1, 0.15) is 17.5 Å². The van der Waals surface area contributed by atoms with Crippen molar-refractivity contribution in [3.63, 3.8) is 0 Å². The molecular weight excluding hydrogens is 727 g/mol. The molecule has 0 bridgehead atoms. The largest absolute Gasteiger partial charge is 0.256 e. The van der Waals surface area contributed by atoms with E-state index in [1.54, 1.807) is 0 Å². The van der Waals surface area contributed by atoms with E-state index in [4.69, 9.17) is 4.98 Å². The molecule has 0 saturated carbocycles. The van der Waals surface area contributed by atoms with Crippen LogP contribution in [0.5, 0.6) is 0 Å². The van der Waals surface area contributed by atoms with Crippen LogP contribution in [0.15, 0.2) is 231 Å². The number of nitrogens with zero attached hydrogens (tertiary/aromatic N) is 3. The van der Waals surface area contributed by atoms with Gasteiger partial charge in [0.25, 0.3) is 0 Å². The highest BCUT2D eigenvalue weighted by molar-refractivity contribution is 5.85. The van der Waals surface area contributed by atoms with Gasteiger partial charge in [0, 0.05) is 34.6 Å². The summed E-state index contributed by atoms with van der Waals surface area (Å²) in [5.41, 5.74) is 18.7. The molecule has 0 atom stereocenters. The molecule has 9 rings (SSSR count). The maximum absolute atomic E-state index is 5.38. The molecule has 9 aromatic rings. The predicted octanol–water partition coefficient (Wildman–Crippen LogP) is 14.7. The van der Waals surface area contributed by atoms with E-state index in [2.05, 4.69) is 199 Å². The highest BCUT2D eigenvalue weighted by Crippen LogP contribution is 2.36. The number of aryl methyl sites for hydroxylation is 1. The van der Waals surface area contributed by atoms with E-state index in [0.717, 1.165) is 91.3 Å². The molecule has 0 saturated heterocycles. The lowest BCUT2D eigenvalue weighted by atomic mass is 9.92. The molecule has 0 spiro atoms. The van der Waals surface area contributed by atoms with Gasteiger partial charge in [-0.25, -0.2) is 4.98 Å². The van der Waals surface area contributed by atoms with Gasteiger partial charge >= 0.3 is 0 Å². The molecule has 0 aliphatic carbocycles. The van der Waals surface area contributed by atoms with Crippen molar-refractivity contribution in [3.8, 4) is 78.4 Å². The van der Waals surface area contributed by atoms with Gasteiger partial charge in [-0.1, -0.05) is 164 Å². The average molecular weight is 770 g/mol. The Labute approximate surface area is 352 Å². The molecule has 3 heteroatoms. The molecule has 0 N–H and O–H groups in total. The van der Waals surface area contributed by atoms with Gasteiger partial charge in [0.05, 0.1) is 22.8 Å². The van der Waals surface area contributed by atoms with E-state index in [-0.39, 0.29) is 0 Å². The molecule has 6 aromatic carbocycles. The summed E-state index contributed by atoms with van der Waals surface area (Å²) in [5.74, 6) is 0. The summed E-state index contributed by atoms with van der Waals surface area (Å²) in [4.78, 5) is 14.7. The first kappa shape index (κ1) is 37.8. The van der Waals surface area contributed by atoms with E-state index in [1.807, 2.05) is 42.7 Å². The molecule has 3 heterocycles. The quantitative estimate of drug-likeness (QED) is 0.116. The van der Waals surface area contributed by atoms with Crippen LogP contribution >= 0.6 is 0 Å². The molecule has 3 nitrogen and oxygen atoms in total. The summed E-state index contributed by atoms with van der Waals surface area (Å²) in [5, 5.41) is 0. The zero-order valence-electron chi connectivity index (χ0n) is 33.3. The van der Waals surface area contributed by atoms with Crippen molar-refractivity contribution in [2.45, 2.75) is 12.8 Å². The zero-order chi connectivity index (χ0) is 40.5. The number of allylic oxidation sites excluding steroid dienone is 3. The second kappa shape index (κ2) is 17.8. The van der Waals surface area contributed by atoms with E-state index in [0.29, 0.717) is 0 Å². The minimum atomic E-state index is 0.852. The van der Waals surface area contributed by atoms with Crippen LogP contribution in [0.2, 0.25) is 0 Å². The average Bonchev–Trinajstić information content (AvgIpc) is 3.34.